The van der Waals surface area contributed by atoms with Crippen molar-refractivity contribution in [3.05, 3.63) is 87.5 Å². The molecule has 10 heteroatoms. The summed E-state index contributed by atoms with van der Waals surface area (Å²) in [6, 6.07) is 18.8. The van der Waals surface area contributed by atoms with E-state index in [1.807, 2.05) is 26.0 Å². The fourth-order valence-corrected chi connectivity index (χ4v) is 4.27. The van der Waals surface area contributed by atoms with Crippen LogP contribution in [-0.4, -0.2) is 29.0 Å². The van der Waals surface area contributed by atoms with Crippen LogP contribution in [-0.2, 0) is 9.59 Å². The van der Waals surface area contributed by atoms with E-state index in [4.69, 9.17) is 16.3 Å². The van der Waals surface area contributed by atoms with Crippen LogP contribution in [0.3, 0.4) is 0 Å². The molecule has 0 radical (unpaired) electrons. The Kier molecular flexibility index (Phi) is 7.61. The van der Waals surface area contributed by atoms with Crippen LogP contribution >= 0.6 is 27.5 Å². The second-order valence-electron chi connectivity index (χ2n) is 7.81. The number of carbonyl (C=O) groups is 3. The smallest absolute Gasteiger partial charge is 0.328 e. The van der Waals surface area contributed by atoms with Crippen molar-refractivity contribution in [1.82, 2.24) is 4.68 Å². The average Bonchev–Trinajstić information content (AvgIpc) is 3.19. The maximum Gasteiger partial charge on any atom is 0.328 e. The molecular weight excluding hydrogens is 548 g/mol. The van der Waals surface area contributed by atoms with Gasteiger partial charge < -0.3 is 15.4 Å². The molecule has 8 nitrogen and oxygen atoms in total. The molecule has 1 heterocycles. The van der Waals surface area contributed by atoms with Crippen LogP contribution in [0.1, 0.15) is 23.0 Å². The molecule has 0 bridgehead atoms. The second kappa shape index (κ2) is 10.8. The van der Waals surface area contributed by atoms with Crippen molar-refractivity contribution in [3.8, 4) is 5.75 Å². The molecule has 4 rings (SSSR count). The number of hydrogen-bond donors (Lipinski definition) is 3. The zero-order valence-corrected chi connectivity index (χ0v) is 21.7. The molecule has 3 amide bonds. The summed E-state index contributed by atoms with van der Waals surface area (Å²) in [4.78, 5) is 38.8. The standard InChI is InChI=1S/C26H22BrClN4O4/c1-3-36-23-7-5-4-6-20(23)30-25(34)26(35)31-32-21-11-9-18(28)13-16(21)14-22(32)24(33)29-19-10-8-17(27)12-15(19)2/h4-14H,3H2,1-2H3,(H,29,33)(H,30,34)(H,31,35). The lowest BCUT2D eigenvalue weighted by molar-refractivity contribution is -0.133. The molecule has 0 unspecified atom stereocenters. The highest BCUT2D eigenvalue weighted by Crippen LogP contribution is 2.26. The summed E-state index contributed by atoms with van der Waals surface area (Å²) in [5, 5.41) is 6.48. The first-order valence-electron chi connectivity index (χ1n) is 11.0. The lowest BCUT2D eigenvalue weighted by atomic mass is 10.2. The molecule has 0 aliphatic heterocycles. The maximum atomic E-state index is 13.2. The molecule has 36 heavy (non-hydrogen) atoms. The SMILES string of the molecule is CCOc1ccccc1NC(=O)C(=O)Nn1c(C(=O)Nc2ccc(Br)cc2C)cc2cc(Cl)ccc21. The molecule has 0 fully saturated rings. The van der Waals surface area contributed by atoms with Crippen molar-refractivity contribution in [2.24, 2.45) is 0 Å². The van der Waals surface area contributed by atoms with E-state index in [-0.39, 0.29) is 5.69 Å². The Hall–Kier alpha value is -3.82. The minimum Gasteiger partial charge on any atom is -0.492 e. The number of aromatic nitrogens is 1. The van der Waals surface area contributed by atoms with Gasteiger partial charge in [-0.25, -0.2) is 4.68 Å². The maximum absolute atomic E-state index is 13.2. The quantitative estimate of drug-likeness (QED) is 0.258. The average molecular weight is 570 g/mol. The van der Waals surface area contributed by atoms with Gasteiger partial charge in [0.2, 0.25) is 0 Å². The highest BCUT2D eigenvalue weighted by Gasteiger charge is 2.22. The Balaban J connectivity index is 1.63. The van der Waals surface area contributed by atoms with E-state index < -0.39 is 17.7 Å². The number of halogens is 2. The highest BCUT2D eigenvalue weighted by atomic mass is 79.9. The molecule has 4 aromatic rings. The molecule has 3 aromatic carbocycles. The van der Waals surface area contributed by atoms with Gasteiger partial charge in [-0.2, -0.15) is 0 Å². The van der Waals surface area contributed by atoms with Gasteiger partial charge in [-0.3, -0.25) is 19.8 Å². The predicted molar refractivity (Wildman–Crippen MR) is 144 cm³/mol. The van der Waals surface area contributed by atoms with Gasteiger partial charge in [0, 0.05) is 20.6 Å². The first kappa shape index (κ1) is 25.3. The fourth-order valence-electron chi connectivity index (χ4n) is 3.61. The number of hydrogen-bond acceptors (Lipinski definition) is 4. The van der Waals surface area contributed by atoms with Gasteiger partial charge in [-0.15, -0.1) is 0 Å². The van der Waals surface area contributed by atoms with E-state index in [1.165, 1.54) is 4.68 Å². The van der Waals surface area contributed by atoms with E-state index in [0.717, 1.165) is 10.0 Å². The van der Waals surface area contributed by atoms with E-state index in [1.54, 1.807) is 54.6 Å². The van der Waals surface area contributed by atoms with E-state index in [0.29, 0.717) is 39.7 Å². The van der Waals surface area contributed by atoms with Crippen molar-refractivity contribution in [3.63, 3.8) is 0 Å². The van der Waals surface area contributed by atoms with Crippen LogP contribution in [0.25, 0.3) is 10.9 Å². The summed E-state index contributed by atoms with van der Waals surface area (Å²) < 4.78 is 7.65. The van der Waals surface area contributed by atoms with Crippen LogP contribution in [0.15, 0.2) is 71.2 Å². The molecule has 0 aliphatic rings. The van der Waals surface area contributed by atoms with Crippen molar-refractivity contribution < 1.29 is 19.1 Å². The molecule has 1 aromatic heterocycles. The molecule has 0 saturated carbocycles. The summed E-state index contributed by atoms with van der Waals surface area (Å²) in [5.41, 5.74) is 4.95. The Labute approximate surface area is 220 Å². The first-order valence-corrected chi connectivity index (χ1v) is 12.2. The predicted octanol–water partition coefficient (Wildman–Crippen LogP) is 5.73. The van der Waals surface area contributed by atoms with Crippen molar-refractivity contribution in [1.29, 1.82) is 0 Å². The number of benzene rings is 3. The summed E-state index contributed by atoms with van der Waals surface area (Å²) in [5.74, 6) is -1.93. The van der Waals surface area contributed by atoms with Crippen molar-refractivity contribution >= 4 is 67.5 Å². The molecule has 0 spiro atoms. The van der Waals surface area contributed by atoms with Gasteiger partial charge in [0.1, 0.15) is 11.4 Å². The Morgan fingerprint density at radius 1 is 0.944 bits per heavy atom. The lowest BCUT2D eigenvalue weighted by Gasteiger charge is -2.14. The first-order chi connectivity index (χ1) is 17.3. The number of anilines is 2. The number of rotatable bonds is 6. The molecule has 0 atom stereocenters. The van der Waals surface area contributed by atoms with Crippen LogP contribution in [0.5, 0.6) is 5.75 Å². The Morgan fingerprint density at radius 2 is 1.72 bits per heavy atom. The molecule has 3 N–H and O–H groups in total. The Morgan fingerprint density at radius 3 is 2.47 bits per heavy atom. The summed E-state index contributed by atoms with van der Waals surface area (Å²) in [6.45, 7) is 4.08. The Bertz CT molecular complexity index is 1480. The van der Waals surface area contributed by atoms with E-state index in [9.17, 15) is 14.4 Å². The molecular formula is C26H22BrClN4O4. The van der Waals surface area contributed by atoms with E-state index >= 15 is 0 Å². The number of amides is 3. The van der Waals surface area contributed by atoms with E-state index in [2.05, 4.69) is 32.0 Å². The summed E-state index contributed by atoms with van der Waals surface area (Å²) >= 11 is 9.54. The van der Waals surface area contributed by atoms with Crippen molar-refractivity contribution in [2.75, 3.05) is 22.7 Å². The van der Waals surface area contributed by atoms with Crippen LogP contribution < -0.4 is 20.8 Å². The lowest BCUT2D eigenvalue weighted by Crippen LogP contribution is -2.36. The third-order valence-corrected chi connectivity index (χ3v) is 6.02. The molecule has 0 aliphatic carbocycles. The summed E-state index contributed by atoms with van der Waals surface area (Å²) in [7, 11) is 0. The number of para-hydroxylation sites is 2. The zero-order valence-electron chi connectivity index (χ0n) is 19.4. The molecule has 0 saturated heterocycles. The third-order valence-electron chi connectivity index (χ3n) is 5.29. The van der Waals surface area contributed by atoms with Crippen LogP contribution in [0.4, 0.5) is 11.4 Å². The van der Waals surface area contributed by atoms with Gasteiger partial charge in [0.05, 0.1) is 17.8 Å². The number of nitrogens with one attached hydrogen (secondary N) is 3. The number of nitrogens with zero attached hydrogens (tertiary/aromatic N) is 1. The van der Waals surface area contributed by atoms with Gasteiger partial charge in [0.15, 0.2) is 0 Å². The highest BCUT2D eigenvalue weighted by molar-refractivity contribution is 9.10. The van der Waals surface area contributed by atoms with Gasteiger partial charge in [0.25, 0.3) is 5.91 Å². The van der Waals surface area contributed by atoms with Gasteiger partial charge in [-0.1, -0.05) is 39.7 Å². The van der Waals surface area contributed by atoms with Crippen LogP contribution in [0.2, 0.25) is 5.02 Å². The fraction of sp³-hybridized carbons (Fsp3) is 0.115. The molecule has 184 valence electrons. The van der Waals surface area contributed by atoms with Gasteiger partial charge in [-0.05, 0) is 74.0 Å². The van der Waals surface area contributed by atoms with Crippen molar-refractivity contribution in [2.45, 2.75) is 13.8 Å². The van der Waals surface area contributed by atoms with Gasteiger partial charge >= 0.3 is 11.8 Å². The number of carbonyl (C=O) groups excluding carboxylic acids is 3. The second-order valence-corrected chi connectivity index (χ2v) is 9.16. The summed E-state index contributed by atoms with van der Waals surface area (Å²) in [6.07, 6.45) is 0. The van der Waals surface area contributed by atoms with Crippen LogP contribution in [0, 0.1) is 6.92 Å². The topological polar surface area (TPSA) is 101 Å². The number of aryl methyl sites for hydroxylation is 1. The normalized spacial score (nSPS) is 10.7. The zero-order chi connectivity index (χ0) is 25.8. The minimum absolute atomic E-state index is 0.116. The number of ether oxygens (including phenoxy) is 1. The number of fused-ring (bicyclic) bond motifs is 1. The minimum atomic E-state index is -0.970. The largest absolute Gasteiger partial charge is 0.492 e. The monoisotopic (exact) mass is 568 g/mol. The third kappa shape index (κ3) is 5.53.